The van der Waals surface area contributed by atoms with Crippen molar-refractivity contribution in [1.82, 2.24) is 5.32 Å². The van der Waals surface area contributed by atoms with Crippen LogP contribution in [0, 0.1) is 0 Å². The minimum Gasteiger partial charge on any atom is -0.349 e. The molecule has 0 aromatic heterocycles. The van der Waals surface area contributed by atoms with Crippen LogP contribution in [0.5, 0.6) is 0 Å². The van der Waals surface area contributed by atoms with Gasteiger partial charge in [-0.05, 0) is 37.3 Å². The van der Waals surface area contributed by atoms with Gasteiger partial charge in [0.15, 0.2) is 6.29 Å². The van der Waals surface area contributed by atoms with Crippen LogP contribution in [0.3, 0.4) is 0 Å². The molecule has 0 radical (unpaired) electrons. The molecule has 1 aromatic carbocycles. The Hall–Kier alpha value is -0.900. The standard InChI is InChI=1S/C15H21NO2/c1-15(16-11-14-17-9-10-18-14)8-4-6-12-5-2-3-7-13(12)15/h2-3,5,7,14,16H,4,6,8-11H2,1H3. The molecule has 1 atom stereocenters. The zero-order chi connectivity index (χ0) is 12.4. The highest BCUT2D eigenvalue weighted by atomic mass is 16.7. The average Bonchev–Trinajstić information content (AvgIpc) is 2.90. The van der Waals surface area contributed by atoms with Crippen molar-refractivity contribution in [2.75, 3.05) is 19.8 Å². The number of benzene rings is 1. The molecule has 98 valence electrons. The van der Waals surface area contributed by atoms with Gasteiger partial charge in [-0.2, -0.15) is 0 Å². The Labute approximate surface area is 108 Å². The zero-order valence-electron chi connectivity index (χ0n) is 10.9. The first-order valence-corrected chi connectivity index (χ1v) is 6.85. The van der Waals surface area contributed by atoms with Crippen LogP contribution in [0.4, 0.5) is 0 Å². The molecule has 1 aliphatic heterocycles. The molecule has 3 rings (SSSR count). The maximum absolute atomic E-state index is 5.49. The number of ether oxygens (including phenoxy) is 2. The van der Waals surface area contributed by atoms with Gasteiger partial charge in [0.05, 0.1) is 13.2 Å². The number of nitrogens with one attached hydrogen (secondary N) is 1. The predicted molar refractivity (Wildman–Crippen MR) is 70.4 cm³/mol. The van der Waals surface area contributed by atoms with Gasteiger partial charge in [0.1, 0.15) is 0 Å². The van der Waals surface area contributed by atoms with E-state index < -0.39 is 0 Å². The van der Waals surface area contributed by atoms with E-state index in [0.717, 1.165) is 19.8 Å². The lowest BCUT2D eigenvalue weighted by Crippen LogP contribution is -2.45. The summed E-state index contributed by atoms with van der Waals surface area (Å²) in [5, 5.41) is 3.65. The van der Waals surface area contributed by atoms with Gasteiger partial charge in [0.2, 0.25) is 0 Å². The summed E-state index contributed by atoms with van der Waals surface area (Å²) in [5.41, 5.74) is 2.98. The van der Waals surface area contributed by atoms with Crippen molar-refractivity contribution in [2.24, 2.45) is 0 Å². The molecule has 1 fully saturated rings. The number of fused-ring (bicyclic) bond motifs is 1. The maximum atomic E-state index is 5.49. The van der Waals surface area contributed by atoms with Gasteiger partial charge in [0, 0.05) is 12.1 Å². The minimum atomic E-state index is -0.0732. The van der Waals surface area contributed by atoms with Crippen molar-refractivity contribution in [3.05, 3.63) is 35.4 Å². The summed E-state index contributed by atoms with van der Waals surface area (Å²) in [5.74, 6) is 0. The Morgan fingerprint density at radius 3 is 2.89 bits per heavy atom. The van der Waals surface area contributed by atoms with E-state index in [4.69, 9.17) is 9.47 Å². The topological polar surface area (TPSA) is 30.5 Å². The number of aryl methyl sites for hydroxylation is 1. The molecule has 0 spiro atoms. The molecule has 3 nitrogen and oxygen atoms in total. The Morgan fingerprint density at radius 2 is 2.06 bits per heavy atom. The van der Waals surface area contributed by atoms with Gasteiger partial charge in [-0.15, -0.1) is 0 Å². The molecular formula is C15H21NO2. The number of hydrogen-bond donors (Lipinski definition) is 1. The monoisotopic (exact) mass is 247 g/mol. The smallest absolute Gasteiger partial charge is 0.170 e. The van der Waals surface area contributed by atoms with E-state index in [0.29, 0.717) is 0 Å². The normalized spacial score (nSPS) is 28.3. The van der Waals surface area contributed by atoms with Crippen LogP contribution in [0.15, 0.2) is 24.3 Å². The molecule has 1 aliphatic carbocycles. The first-order valence-electron chi connectivity index (χ1n) is 6.85. The van der Waals surface area contributed by atoms with Crippen LogP contribution in [-0.4, -0.2) is 26.0 Å². The highest BCUT2D eigenvalue weighted by molar-refractivity contribution is 5.35. The molecule has 18 heavy (non-hydrogen) atoms. The zero-order valence-corrected chi connectivity index (χ0v) is 10.9. The van der Waals surface area contributed by atoms with Crippen molar-refractivity contribution < 1.29 is 9.47 Å². The van der Waals surface area contributed by atoms with Crippen molar-refractivity contribution >= 4 is 0 Å². The second kappa shape index (κ2) is 5.00. The summed E-state index contributed by atoms with van der Waals surface area (Å²) < 4.78 is 11.0. The van der Waals surface area contributed by atoms with Crippen molar-refractivity contribution in [3.63, 3.8) is 0 Å². The lowest BCUT2D eigenvalue weighted by molar-refractivity contribution is -0.0441. The second-order valence-corrected chi connectivity index (χ2v) is 5.39. The van der Waals surface area contributed by atoms with Crippen LogP contribution < -0.4 is 5.32 Å². The molecule has 2 aliphatic rings. The fraction of sp³-hybridized carbons (Fsp3) is 0.600. The van der Waals surface area contributed by atoms with Crippen LogP contribution in [0.1, 0.15) is 30.9 Å². The highest BCUT2D eigenvalue weighted by Crippen LogP contribution is 2.34. The Bertz CT molecular complexity index is 415. The summed E-state index contributed by atoms with van der Waals surface area (Å²) in [7, 11) is 0. The Morgan fingerprint density at radius 1 is 1.28 bits per heavy atom. The first kappa shape index (κ1) is 12.2. The lowest BCUT2D eigenvalue weighted by atomic mass is 9.78. The molecule has 0 amide bonds. The molecule has 1 unspecified atom stereocenters. The van der Waals surface area contributed by atoms with Crippen molar-refractivity contribution in [1.29, 1.82) is 0 Å². The van der Waals surface area contributed by atoms with E-state index >= 15 is 0 Å². The van der Waals surface area contributed by atoms with E-state index in [9.17, 15) is 0 Å². The van der Waals surface area contributed by atoms with E-state index in [1.165, 1.54) is 30.4 Å². The highest BCUT2D eigenvalue weighted by Gasteiger charge is 2.32. The molecule has 0 saturated carbocycles. The third-order valence-electron chi connectivity index (χ3n) is 4.08. The Balaban J connectivity index is 1.73. The predicted octanol–water partition coefficient (Wildman–Crippen LogP) is 2.20. The molecule has 1 heterocycles. The van der Waals surface area contributed by atoms with E-state index in [-0.39, 0.29) is 11.8 Å². The third kappa shape index (κ3) is 2.30. The summed E-state index contributed by atoms with van der Waals surface area (Å²) in [6.07, 6.45) is 3.55. The van der Waals surface area contributed by atoms with Crippen molar-refractivity contribution in [3.8, 4) is 0 Å². The summed E-state index contributed by atoms with van der Waals surface area (Å²) in [4.78, 5) is 0. The SMILES string of the molecule is CC1(NCC2OCCO2)CCCc2ccccc21. The van der Waals surface area contributed by atoms with E-state index in [1.807, 2.05) is 0 Å². The largest absolute Gasteiger partial charge is 0.349 e. The molecule has 0 bridgehead atoms. The lowest BCUT2D eigenvalue weighted by Gasteiger charge is -2.37. The third-order valence-corrected chi connectivity index (χ3v) is 4.08. The fourth-order valence-electron chi connectivity index (χ4n) is 3.06. The van der Waals surface area contributed by atoms with Gasteiger partial charge in [-0.3, -0.25) is 0 Å². The quantitative estimate of drug-likeness (QED) is 0.888. The van der Waals surface area contributed by atoms with Gasteiger partial charge < -0.3 is 14.8 Å². The van der Waals surface area contributed by atoms with Gasteiger partial charge in [-0.25, -0.2) is 0 Å². The molecule has 1 saturated heterocycles. The van der Waals surface area contributed by atoms with Crippen LogP contribution >= 0.6 is 0 Å². The Kier molecular flexibility index (Phi) is 3.37. The number of hydrogen-bond acceptors (Lipinski definition) is 3. The van der Waals surface area contributed by atoms with Gasteiger partial charge >= 0.3 is 0 Å². The summed E-state index contributed by atoms with van der Waals surface area (Å²) >= 11 is 0. The number of rotatable bonds is 3. The average molecular weight is 247 g/mol. The molecular weight excluding hydrogens is 226 g/mol. The van der Waals surface area contributed by atoms with Gasteiger partial charge in [-0.1, -0.05) is 24.3 Å². The minimum absolute atomic E-state index is 0.0597. The van der Waals surface area contributed by atoms with E-state index in [1.54, 1.807) is 0 Å². The molecule has 1 N–H and O–H groups in total. The van der Waals surface area contributed by atoms with Crippen LogP contribution in [0.2, 0.25) is 0 Å². The van der Waals surface area contributed by atoms with Crippen LogP contribution in [0.25, 0.3) is 0 Å². The molecule has 1 aromatic rings. The summed E-state index contributed by atoms with van der Waals surface area (Å²) in [6, 6.07) is 8.76. The second-order valence-electron chi connectivity index (χ2n) is 5.39. The van der Waals surface area contributed by atoms with E-state index in [2.05, 4.69) is 36.5 Å². The van der Waals surface area contributed by atoms with Crippen LogP contribution in [-0.2, 0) is 21.4 Å². The van der Waals surface area contributed by atoms with Crippen molar-refractivity contribution in [2.45, 2.75) is 38.0 Å². The fourth-order valence-corrected chi connectivity index (χ4v) is 3.06. The molecule has 3 heteroatoms. The first-order chi connectivity index (χ1) is 8.78. The summed E-state index contributed by atoms with van der Waals surface area (Å²) in [6.45, 7) is 4.50. The van der Waals surface area contributed by atoms with Gasteiger partial charge in [0.25, 0.3) is 0 Å². The maximum Gasteiger partial charge on any atom is 0.170 e.